The molecule has 0 N–H and O–H groups in total. The van der Waals surface area contributed by atoms with Gasteiger partial charge in [-0.3, -0.25) is 4.79 Å². The van der Waals surface area contributed by atoms with Crippen LogP contribution in [0.5, 0.6) is 5.75 Å². The van der Waals surface area contributed by atoms with Gasteiger partial charge in [0.25, 0.3) is 0 Å². The summed E-state index contributed by atoms with van der Waals surface area (Å²) in [6.07, 6.45) is 1.93. The Morgan fingerprint density at radius 3 is 2.13 bits per heavy atom. The fourth-order valence-corrected chi connectivity index (χ4v) is 5.97. The molecule has 4 rings (SSSR count). The molecule has 1 unspecified atom stereocenters. The average Bonchev–Trinajstić information content (AvgIpc) is 3.25. The van der Waals surface area contributed by atoms with Crippen molar-refractivity contribution in [3.8, 4) is 5.75 Å². The molecule has 5 nitrogen and oxygen atoms in total. The third-order valence-corrected chi connectivity index (χ3v) is 7.76. The van der Waals surface area contributed by atoms with Gasteiger partial charge in [0.05, 0.1) is 16.2 Å². The van der Waals surface area contributed by atoms with Crippen molar-refractivity contribution in [3.05, 3.63) is 59.7 Å². The molecule has 1 spiro atoms. The standard InChI is InChI=1S/C24H26O5S2/c1-23(2,3)29-18-9-5-16(6-10-18)20-21(24(30-22(20)25)13-14-28-15-24)17-7-11-19(12-8-17)31(4,26)27/h5-12H,13-15H2,1-4H3. The molecule has 0 aromatic heterocycles. The first-order valence-electron chi connectivity index (χ1n) is 10.1. The summed E-state index contributed by atoms with van der Waals surface area (Å²) in [6, 6.07) is 14.4. The van der Waals surface area contributed by atoms with Crippen molar-refractivity contribution < 1.29 is 22.7 Å². The second-order valence-electron chi connectivity index (χ2n) is 8.97. The van der Waals surface area contributed by atoms with Gasteiger partial charge in [-0.15, -0.1) is 0 Å². The van der Waals surface area contributed by atoms with E-state index in [0.29, 0.717) is 18.8 Å². The second-order valence-corrected chi connectivity index (χ2v) is 12.3. The van der Waals surface area contributed by atoms with E-state index in [-0.39, 0.29) is 15.6 Å². The Kier molecular flexibility index (Phi) is 5.56. The lowest BCUT2D eigenvalue weighted by molar-refractivity contribution is -0.106. The van der Waals surface area contributed by atoms with E-state index in [0.717, 1.165) is 28.9 Å². The van der Waals surface area contributed by atoms with Gasteiger partial charge in [-0.05, 0) is 68.2 Å². The molecule has 0 radical (unpaired) electrons. The molecule has 164 valence electrons. The Labute approximate surface area is 187 Å². The van der Waals surface area contributed by atoms with Gasteiger partial charge < -0.3 is 9.47 Å². The summed E-state index contributed by atoms with van der Waals surface area (Å²) >= 11 is 1.32. The highest BCUT2D eigenvalue weighted by atomic mass is 32.2. The van der Waals surface area contributed by atoms with Gasteiger partial charge in [0, 0.05) is 18.4 Å². The Bertz CT molecular complexity index is 1130. The zero-order valence-electron chi connectivity index (χ0n) is 18.1. The summed E-state index contributed by atoms with van der Waals surface area (Å²) in [6.45, 7) is 7.02. The highest BCUT2D eigenvalue weighted by molar-refractivity contribution is 8.17. The van der Waals surface area contributed by atoms with Crippen LogP contribution in [0.25, 0.3) is 11.1 Å². The third kappa shape index (κ3) is 4.45. The fourth-order valence-electron chi connectivity index (χ4n) is 4.01. The molecule has 1 atom stereocenters. The van der Waals surface area contributed by atoms with Crippen molar-refractivity contribution >= 4 is 37.9 Å². The van der Waals surface area contributed by atoms with E-state index < -0.39 is 14.6 Å². The monoisotopic (exact) mass is 458 g/mol. The minimum absolute atomic E-state index is 0.0113. The Balaban J connectivity index is 1.82. The minimum atomic E-state index is -3.29. The summed E-state index contributed by atoms with van der Waals surface area (Å²) in [4.78, 5) is 13.4. The van der Waals surface area contributed by atoms with Crippen molar-refractivity contribution in [2.24, 2.45) is 0 Å². The van der Waals surface area contributed by atoms with Crippen molar-refractivity contribution in [3.63, 3.8) is 0 Å². The molecule has 0 amide bonds. The molecule has 2 aliphatic rings. The molecule has 2 aromatic carbocycles. The smallest absolute Gasteiger partial charge is 0.221 e. The summed E-state index contributed by atoms with van der Waals surface area (Å²) in [7, 11) is -3.29. The van der Waals surface area contributed by atoms with Gasteiger partial charge in [-0.1, -0.05) is 36.0 Å². The van der Waals surface area contributed by atoms with Crippen LogP contribution in [0.2, 0.25) is 0 Å². The average molecular weight is 459 g/mol. The Morgan fingerprint density at radius 2 is 1.61 bits per heavy atom. The maximum Gasteiger partial charge on any atom is 0.221 e. The van der Waals surface area contributed by atoms with Gasteiger partial charge in [0.15, 0.2) is 9.84 Å². The van der Waals surface area contributed by atoms with Crippen LogP contribution in [0.3, 0.4) is 0 Å². The van der Waals surface area contributed by atoms with E-state index >= 15 is 0 Å². The van der Waals surface area contributed by atoms with Crippen molar-refractivity contribution in [2.75, 3.05) is 19.5 Å². The number of hydrogen-bond acceptors (Lipinski definition) is 6. The number of ether oxygens (including phenoxy) is 2. The topological polar surface area (TPSA) is 69.7 Å². The first-order chi connectivity index (χ1) is 14.5. The molecule has 0 bridgehead atoms. The van der Waals surface area contributed by atoms with E-state index in [1.807, 2.05) is 45.0 Å². The molecule has 1 fully saturated rings. The molecule has 7 heteroatoms. The van der Waals surface area contributed by atoms with Crippen LogP contribution < -0.4 is 4.74 Å². The highest BCUT2D eigenvalue weighted by Crippen LogP contribution is 2.55. The lowest BCUT2D eigenvalue weighted by Gasteiger charge is -2.24. The Morgan fingerprint density at radius 1 is 1.00 bits per heavy atom. The summed E-state index contributed by atoms with van der Waals surface area (Å²) in [5.74, 6) is 0.743. The molecular weight excluding hydrogens is 432 g/mol. The first kappa shape index (κ1) is 22.1. The first-order valence-corrected chi connectivity index (χ1v) is 12.9. The fraction of sp³-hybridized carbons (Fsp3) is 0.375. The zero-order chi connectivity index (χ0) is 22.4. The van der Waals surface area contributed by atoms with Crippen molar-refractivity contribution in [1.82, 2.24) is 0 Å². The van der Waals surface area contributed by atoms with Crippen LogP contribution >= 0.6 is 11.8 Å². The number of thioether (sulfide) groups is 1. The molecule has 0 aliphatic carbocycles. The maximum atomic E-state index is 13.2. The van der Waals surface area contributed by atoms with Gasteiger partial charge in [0.2, 0.25) is 5.12 Å². The normalized spacial score (nSPS) is 21.9. The van der Waals surface area contributed by atoms with Crippen molar-refractivity contribution in [2.45, 2.75) is 42.4 Å². The maximum absolute atomic E-state index is 13.2. The molecule has 0 saturated carbocycles. The Hall–Kier alpha value is -2.09. The number of rotatable bonds is 4. The molecule has 1 saturated heterocycles. The van der Waals surface area contributed by atoms with Gasteiger partial charge >= 0.3 is 0 Å². The second kappa shape index (κ2) is 7.80. The van der Waals surface area contributed by atoms with E-state index in [2.05, 4.69) is 0 Å². The number of benzene rings is 2. The van der Waals surface area contributed by atoms with Crippen LogP contribution in [0.1, 0.15) is 38.3 Å². The van der Waals surface area contributed by atoms with E-state index in [4.69, 9.17) is 9.47 Å². The van der Waals surface area contributed by atoms with Gasteiger partial charge in [-0.2, -0.15) is 0 Å². The number of hydrogen-bond donors (Lipinski definition) is 0. The van der Waals surface area contributed by atoms with Gasteiger partial charge in [-0.25, -0.2) is 8.42 Å². The zero-order valence-corrected chi connectivity index (χ0v) is 19.7. The predicted molar refractivity (Wildman–Crippen MR) is 124 cm³/mol. The van der Waals surface area contributed by atoms with Crippen LogP contribution in [-0.2, 0) is 19.4 Å². The van der Waals surface area contributed by atoms with Crippen LogP contribution in [0, 0.1) is 0 Å². The molecular formula is C24H26O5S2. The largest absolute Gasteiger partial charge is 0.488 e. The van der Waals surface area contributed by atoms with Crippen LogP contribution in [0.4, 0.5) is 0 Å². The van der Waals surface area contributed by atoms with Gasteiger partial charge in [0.1, 0.15) is 11.4 Å². The highest BCUT2D eigenvalue weighted by Gasteiger charge is 2.49. The lowest BCUT2D eigenvalue weighted by Crippen LogP contribution is -2.24. The lowest BCUT2D eigenvalue weighted by atomic mass is 9.85. The minimum Gasteiger partial charge on any atom is -0.488 e. The van der Waals surface area contributed by atoms with Crippen LogP contribution in [0.15, 0.2) is 53.4 Å². The number of sulfone groups is 1. The molecule has 2 aromatic rings. The molecule has 31 heavy (non-hydrogen) atoms. The molecule has 2 aliphatic heterocycles. The SMILES string of the molecule is CC(C)(C)Oc1ccc(C2=C(c3ccc(S(C)(=O)=O)cc3)C3(CCOC3)SC2=O)cc1. The number of carbonyl (C=O) groups excluding carboxylic acids is 1. The van der Waals surface area contributed by atoms with E-state index in [1.54, 1.807) is 24.3 Å². The van der Waals surface area contributed by atoms with Crippen LogP contribution in [-0.4, -0.2) is 43.4 Å². The van der Waals surface area contributed by atoms with Crippen molar-refractivity contribution in [1.29, 1.82) is 0 Å². The number of carbonyl (C=O) groups is 1. The summed E-state index contributed by atoms with van der Waals surface area (Å²) in [5.41, 5.74) is 2.94. The molecule has 2 heterocycles. The predicted octanol–water partition coefficient (Wildman–Crippen LogP) is 4.61. The van der Waals surface area contributed by atoms with E-state index in [9.17, 15) is 13.2 Å². The summed E-state index contributed by atoms with van der Waals surface area (Å²) < 4.78 is 34.9. The van der Waals surface area contributed by atoms with E-state index in [1.165, 1.54) is 18.0 Å². The third-order valence-electron chi connectivity index (χ3n) is 5.32. The summed E-state index contributed by atoms with van der Waals surface area (Å²) in [5, 5.41) is 0.0113. The quantitative estimate of drug-likeness (QED) is 0.666.